The van der Waals surface area contributed by atoms with Crippen molar-refractivity contribution in [1.29, 1.82) is 0 Å². The molecule has 0 radical (unpaired) electrons. The number of hydrogen-bond acceptors (Lipinski definition) is 9. The van der Waals surface area contributed by atoms with Crippen molar-refractivity contribution in [3.05, 3.63) is 90.1 Å². The summed E-state index contributed by atoms with van der Waals surface area (Å²) in [4.78, 5) is 49.0. The lowest BCUT2D eigenvalue weighted by Crippen LogP contribution is -2.40. The monoisotopic (exact) mass is 752 g/mol. The molecule has 1 aliphatic rings. The first-order valence-electron chi connectivity index (χ1n) is 15.3. The van der Waals surface area contributed by atoms with Crippen molar-refractivity contribution < 1.29 is 65.1 Å². The van der Waals surface area contributed by atoms with Gasteiger partial charge in [0.25, 0.3) is 5.91 Å². The Kier molecular flexibility index (Phi) is 13.0. The van der Waals surface area contributed by atoms with E-state index in [9.17, 15) is 31.1 Å². The van der Waals surface area contributed by atoms with Gasteiger partial charge in [-0.05, 0) is 42.0 Å². The topological polar surface area (TPSA) is 182 Å². The van der Waals surface area contributed by atoms with Crippen molar-refractivity contribution in [3.8, 4) is 22.9 Å². The summed E-state index contributed by atoms with van der Waals surface area (Å²) in [5.74, 6) is -2.76. The summed E-state index contributed by atoms with van der Waals surface area (Å²) in [5.41, 5.74) is 3.90. The van der Waals surface area contributed by atoms with E-state index in [0.717, 1.165) is 22.5 Å². The van der Waals surface area contributed by atoms with Gasteiger partial charge in [0, 0.05) is 55.9 Å². The molecule has 20 heteroatoms. The predicted octanol–water partition coefficient (Wildman–Crippen LogP) is 5.26. The molecule has 3 aromatic heterocycles. The van der Waals surface area contributed by atoms with Crippen LogP contribution in [0.5, 0.6) is 11.5 Å². The second kappa shape index (κ2) is 17.4. The number of imidazole rings is 2. The first kappa shape index (κ1) is 39.6. The van der Waals surface area contributed by atoms with Crippen LogP contribution in [0, 0.1) is 0 Å². The van der Waals surface area contributed by atoms with Gasteiger partial charge in [0.15, 0.2) is 5.65 Å². The zero-order chi connectivity index (χ0) is 38.8. The second-order valence-electron chi connectivity index (χ2n) is 10.9. The van der Waals surface area contributed by atoms with Crippen LogP contribution in [-0.4, -0.2) is 96.1 Å². The summed E-state index contributed by atoms with van der Waals surface area (Å²) < 4.78 is 83.0. The molecule has 0 atom stereocenters. The van der Waals surface area contributed by atoms with Crippen molar-refractivity contribution in [2.24, 2.45) is 7.05 Å². The average molecular weight is 753 g/mol. The number of fused-ring (bicyclic) bond motifs is 1. The standard InChI is InChI=1S/C29H28N6O4.2C2HF3O2/c1-34-10-9-30-26(34)19-39-24-16-22(27-32-25-3-2-8-31-28(25)33-27)15-23(17-24)38-18-20-4-6-21(7-5-20)29(36)35-11-13-37-14-12-35;2*3-2(4,5)1(6)7/h2-10,15-17H,11-14,18-19H2,1H3,(H,31,32,33);2*(H,6,7). The summed E-state index contributed by atoms with van der Waals surface area (Å²) >= 11 is 0. The Balaban J connectivity index is 0.000000381. The number of ether oxygens (including phenoxy) is 3. The normalized spacial score (nSPS) is 12.9. The third-order valence-electron chi connectivity index (χ3n) is 7.09. The number of amides is 1. The number of nitrogens with zero attached hydrogens (tertiary/aromatic N) is 5. The van der Waals surface area contributed by atoms with Crippen LogP contribution in [0.4, 0.5) is 26.3 Å². The molecule has 282 valence electrons. The molecule has 0 aliphatic carbocycles. The second-order valence-corrected chi connectivity index (χ2v) is 10.9. The highest BCUT2D eigenvalue weighted by atomic mass is 19.4. The van der Waals surface area contributed by atoms with Crippen molar-refractivity contribution >= 4 is 29.0 Å². The van der Waals surface area contributed by atoms with Gasteiger partial charge >= 0.3 is 24.3 Å². The van der Waals surface area contributed by atoms with E-state index in [0.29, 0.717) is 68.1 Å². The molecular formula is C33H30F6N6O8. The van der Waals surface area contributed by atoms with E-state index >= 15 is 0 Å². The van der Waals surface area contributed by atoms with Crippen LogP contribution in [0.3, 0.4) is 0 Å². The van der Waals surface area contributed by atoms with E-state index in [4.69, 9.17) is 34.0 Å². The van der Waals surface area contributed by atoms with Gasteiger partial charge in [0.1, 0.15) is 36.4 Å². The lowest BCUT2D eigenvalue weighted by atomic mass is 10.1. The number of aromatic nitrogens is 5. The zero-order valence-electron chi connectivity index (χ0n) is 27.5. The van der Waals surface area contributed by atoms with E-state index in [1.165, 1.54) is 0 Å². The van der Waals surface area contributed by atoms with Crippen molar-refractivity contribution in [2.45, 2.75) is 25.6 Å². The predicted molar refractivity (Wildman–Crippen MR) is 172 cm³/mol. The number of aliphatic carboxylic acids is 2. The molecule has 0 saturated carbocycles. The number of carbonyl (C=O) groups excluding carboxylic acids is 1. The number of carboxylic acids is 2. The number of alkyl halides is 6. The molecule has 2 aromatic carbocycles. The van der Waals surface area contributed by atoms with Gasteiger partial charge in [-0.3, -0.25) is 4.79 Å². The van der Waals surface area contributed by atoms with Crippen LogP contribution < -0.4 is 9.47 Å². The number of benzene rings is 2. The summed E-state index contributed by atoms with van der Waals surface area (Å²) in [7, 11) is 1.93. The number of nitrogens with one attached hydrogen (secondary N) is 1. The number of H-pyrrole nitrogens is 1. The Bertz CT molecular complexity index is 1950. The lowest BCUT2D eigenvalue weighted by molar-refractivity contribution is -0.193. The third kappa shape index (κ3) is 11.7. The van der Waals surface area contributed by atoms with E-state index < -0.39 is 24.3 Å². The van der Waals surface area contributed by atoms with Crippen LogP contribution >= 0.6 is 0 Å². The fraction of sp³-hybridized carbons (Fsp3) is 0.273. The molecular weight excluding hydrogens is 722 g/mol. The molecule has 4 heterocycles. The first-order chi connectivity index (χ1) is 25.0. The number of carbonyl (C=O) groups is 3. The number of hydrogen-bond donors (Lipinski definition) is 3. The highest BCUT2D eigenvalue weighted by molar-refractivity contribution is 5.94. The molecule has 1 fully saturated rings. The SMILES string of the molecule is Cn1ccnc1COc1cc(OCc2ccc(C(=O)N3CCOCC3)cc2)cc(-c2nc3ncccc3[nH]2)c1.O=C(O)C(F)(F)F.O=C(O)C(F)(F)F. The van der Waals surface area contributed by atoms with Crippen LogP contribution in [0.1, 0.15) is 21.7 Å². The Hall–Kier alpha value is -6.18. The number of morpholine rings is 1. The van der Waals surface area contributed by atoms with Crippen molar-refractivity contribution in [3.63, 3.8) is 0 Å². The molecule has 3 N–H and O–H groups in total. The van der Waals surface area contributed by atoms with Gasteiger partial charge in [0.2, 0.25) is 0 Å². The maximum absolute atomic E-state index is 12.7. The maximum atomic E-state index is 12.7. The minimum absolute atomic E-state index is 0.0216. The van der Waals surface area contributed by atoms with Crippen LogP contribution in [0.15, 0.2) is 73.2 Å². The molecule has 6 rings (SSSR count). The van der Waals surface area contributed by atoms with Gasteiger partial charge in [-0.2, -0.15) is 26.3 Å². The van der Waals surface area contributed by atoms with Gasteiger partial charge in [-0.25, -0.2) is 24.5 Å². The Morgan fingerprint density at radius 1 is 0.849 bits per heavy atom. The molecule has 1 amide bonds. The molecule has 53 heavy (non-hydrogen) atoms. The van der Waals surface area contributed by atoms with Gasteiger partial charge < -0.3 is 38.9 Å². The summed E-state index contributed by atoms with van der Waals surface area (Å²) in [5, 5.41) is 14.2. The molecule has 5 aromatic rings. The van der Waals surface area contributed by atoms with Gasteiger partial charge in [-0.15, -0.1) is 0 Å². The maximum Gasteiger partial charge on any atom is 0.490 e. The van der Waals surface area contributed by atoms with Crippen LogP contribution in [0.2, 0.25) is 0 Å². The lowest BCUT2D eigenvalue weighted by Gasteiger charge is -2.26. The van der Waals surface area contributed by atoms with E-state index in [1.54, 1.807) is 12.4 Å². The highest BCUT2D eigenvalue weighted by Gasteiger charge is 2.38. The number of halogens is 6. The fourth-order valence-electron chi connectivity index (χ4n) is 4.40. The zero-order valence-corrected chi connectivity index (χ0v) is 27.5. The van der Waals surface area contributed by atoms with Crippen molar-refractivity contribution in [1.82, 2.24) is 29.4 Å². The third-order valence-corrected chi connectivity index (χ3v) is 7.09. The number of pyridine rings is 1. The average Bonchev–Trinajstić information content (AvgIpc) is 3.75. The minimum Gasteiger partial charge on any atom is -0.489 e. The first-order valence-corrected chi connectivity index (χ1v) is 15.3. The van der Waals surface area contributed by atoms with Crippen LogP contribution in [-0.2, 0) is 34.6 Å². The molecule has 0 unspecified atom stereocenters. The number of rotatable bonds is 8. The molecule has 0 bridgehead atoms. The number of aryl methyl sites for hydroxylation is 1. The highest BCUT2D eigenvalue weighted by Crippen LogP contribution is 2.30. The molecule has 0 spiro atoms. The van der Waals surface area contributed by atoms with E-state index in [1.807, 2.05) is 77.3 Å². The summed E-state index contributed by atoms with van der Waals surface area (Å²) in [6.07, 6.45) is -4.83. The van der Waals surface area contributed by atoms with E-state index in [2.05, 4.69) is 19.9 Å². The quantitative estimate of drug-likeness (QED) is 0.176. The molecule has 14 nitrogen and oxygen atoms in total. The summed E-state index contributed by atoms with van der Waals surface area (Å²) in [6.45, 7) is 3.03. The van der Waals surface area contributed by atoms with E-state index in [-0.39, 0.29) is 5.91 Å². The largest absolute Gasteiger partial charge is 0.490 e. The molecule has 1 saturated heterocycles. The minimum atomic E-state index is -5.08. The Morgan fingerprint density at radius 3 is 1.96 bits per heavy atom. The Labute approximate surface area is 295 Å². The van der Waals surface area contributed by atoms with Crippen molar-refractivity contribution in [2.75, 3.05) is 26.3 Å². The number of carboxylic acid groups (broad SMARTS) is 2. The smallest absolute Gasteiger partial charge is 0.489 e. The summed E-state index contributed by atoms with van der Waals surface area (Å²) in [6, 6.07) is 17.0. The fourth-order valence-corrected chi connectivity index (χ4v) is 4.40. The van der Waals surface area contributed by atoms with Gasteiger partial charge in [-0.1, -0.05) is 12.1 Å². The van der Waals surface area contributed by atoms with Gasteiger partial charge in [0.05, 0.1) is 18.7 Å². The van der Waals surface area contributed by atoms with Crippen LogP contribution in [0.25, 0.3) is 22.6 Å². The molecule has 1 aliphatic heterocycles. The Morgan fingerprint density at radius 2 is 1.43 bits per heavy atom. The number of aromatic amines is 1.